The standard InChI is InChI=1S/C6H14Cl4Si4/c1-12(11)13(2,3-7)14(4-8,5-9)6-10/h3-6H2,1-2H3. The highest BCUT2D eigenvalue weighted by atomic mass is 35.5. The second-order valence-electron chi connectivity index (χ2n) is 3.77. The zero-order valence-corrected chi connectivity index (χ0v) is 15.4. The molecule has 0 aromatic heterocycles. The van der Waals surface area contributed by atoms with E-state index in [4.69, 9.17) is 46.4 Å². The molecule has 0 rings (SSSR count). The van der Waals surface area contributed by atoms with E-state index in [9.17, 15) is 0 Å². The maximum absolute atomic E-state index is 6.14. The zero-order valence-electron chi connectivity index (χ0n) is 8.34. The molecule has 0 nitrogen and oxygen atoms in total. The van der Waals surface area contributed by atoms with Crippen LogP contribution in [0.2, 0.25) is 13.1 Å². The van der Waals surface area contributed by atoms with Gasteiger partial charge in [-0.3, -0.25) is 0 Å². The van der Waals surface area contributed by atoms with Gasteiger partial charge in [-0.1, -0.05) is 13.1 Å². The highest BCUT2D eigenvalue weighted by Gasteiger charge is 2.51. The Morgan fingerprint density at radius 3 is 1.43 bits per heavy atom. The van der Waals surface area contributed by atoms with Gasteiger partial charge in [0.15, 0.2) is 0 Å². The van der Waals surface area contributed by atoms with E-state index in [1.807, 2.05) is 0 Å². The lowest BCUT2D eigenvalue weighted by Crippen LogP contribution is -2.75. The molecule has 0 N–H and O–H groups in total. The Balaban J connectivity index is 5.11. The van der Waals surface area contributed by atoms with Gasteiger partial charge in [0.1, 0.15) is 0 Å². The van der Waals surface area contributed by atoms with Crippen molar-refractivity contribution >= 4 is 78.7 Å². The van der Waals surface area contributed by atoms with E-state index in [2.05, 4.69) is 22.9 Å². The van der Waals surface area contributed by atoms with Crippen molar-refractivity contribution in [1.29, 1.82) is 0 Å². The molecule has 0 bridgehead atoms. The Hall–Kier alpha value is 2.03. The van der Waals surface area contributed by atoms with E-state index in [0.29, 0.717) is 16.5 Å². The first-order valence-corrected chi connectivity index (χ1v) is 17.2. The summed E-state index contributed by atoms with van der Waals surface area (Å²) in [4.78, 5) is 0. The van der Waals surface area contributed by atoms with Crippen LogP contribution in [0.3, 0.4) is 0 Å². The topological polar surface area (TPSA) is 0 Å². The molecule has 14 heavy (non-hydrogen) atoms. The van der Waals surface area contributed by atoms with Crippen LogP contribution in [0.4, 0.5) is 0 Å². The average Bonchev–Trinajstić information content (AvgIpc) is 2.20. The second-order valence-corrected chi connectivity index (χ2v) is 31.8. The molecule has 0 aliphatic carbocycles. The van der Waals surface area contributed by atoms with Crippen molar-refractivity contribution in [3.8, 4) is 0 Å². The van der Waals surface area contributed by atoms with Crippen molar-refractivity contribution in [3.63, 3.8) is 0 Å². The van der Waals surface area contributed by atoms with Crippen molar-refractivity contribution < 1.29 is 0 Å². The third-order valence-corrected chi connectivity index (χ3v) is 48.7. The van der Waals surface area contributed by atoms with Gasteiger partial charge < -0.3 is 0 Å². The van der Waals surface area contributed by atoms with Gasteiger partial charge in [-0.2, -0.15) is 0 Å². The average molecular weight is 340 g/mol. The molecule has 4 radical (unpaired) electrons. The van der Waals surface area contributed by atoms with Crippen molar-refractivity contribution in [2.24, 2.45) is 0 Å². The predicted molar refractivity (Wildman–Crippen MR) is 77.6 cm³/mol. The van der Waals surface area contributed by atoms with Crippen LogP contribution in [-0.2, 0) is 0 Å². The normalized spacial score (nSPS) is 17.1. The highest BCUT2D eigenvalue weighted by Crippen LogP contribution is 2.26. The fourth-order valence-electron chi connectivity index (χ4n) is 1.19. The van der Waals surface area contributed by atoms with E-state index in [1.165, 1.54) is 0 Å². The van der Waals surface area contributed by atoms with E-state index in [-0.39, 0.29) is 0 Å². The van der Waals surface area contributed by atoms with Gasteiger partial charge in [0, 0.05) is 39.6 Å². The van der Waals surface area contributed by atoms with Gasteiger partial charge in [0.25, 0.3) is 0 Å². The van der Waals surface area contributed by atoms with Crippen molar-refractivity contribution in [1.82, 2.24) is 0 Å². The molecule has 0 saturated heterocycles. The first-order chi connectivity index (χ1) is 6.44. The van der Waals surface area contributed by atoms with Crippen LogP contribution in [0.1, 0.15) is 0 Å². The Kier molecular flexibility index (Phi) is 7.66. The molecule has 0 aliphatic heterocycles. The van der Waals surface area contributed by atoms with E-state index < -0.39 is 22.5 Å². The molecule has 0 spiro atoms. The lowest BCUT2D eigenvalue weighted by Gasteiger charge is -2.44. The minimum atomic E-state index is -1.73. The molecule has 0 heterocycles. The quantitative estimate of drug-likeness (QED) is 0.515. The molecule has 0 aliphatic rings. The smallest absolute Gasteiger partial charge is 0.0943 e. The van der Waals surface area contributed by atoms with Crippen LogP contribution in [0.15, 0.2) is 0 Å². The third kappa shape index (κ3) is 2.83. The van der Waals surface area contributed by atoms with Crippen LogP contribution in [0.25, 0.3) is 0 Å². The number of rotatable bonds is 6. The maximum Gasteiger partial charge on any atom is 0.0943 e. The molecule has 1 atom stereocenters. The van der Waals surface area contributed by atoms with Gasteiger partial charge >= 0.3 is 0 Å². The van der Waals surface area contributed by atoms with Crippen LogP contribution in [0.5, 0.6) is 0 Å². The molecule has 82 valence electrons. The summed E-state index contributed by atoms with van der Waals surface area (Å²) >= 11 is 24.4. The van der Waals surface area contributed by atoms with Gasteiger partial charge in [-0.15, -0.1) is 46.4 Å². The first kappa shape index (κ1) is 16.0. The molecular formula is C6H14Cl4Si4. The first-order valence-electron chi connectivity index (χ1n) is 4.23. The van der Waals surface area contributed by atoms with Gasteiger partial charge in [-0.05, 0) is 0 Å². The summed E-state index contributed by atoms with van der Waals surface area (Å²) in [6.45, 7) is 4.55. The minimum absolute atomic E-state index is 0.594. The molecule has 0 aromatic carbocycles. The van der Waals surface area contributed by atoms with Crippen molar-refractivity contribution in [2.45, 2.75) is 13.1 Å². The molecule has 0 saturated carbocycles. The summed E-state index contributed by atoms with van der Waals surface area (Å²) in [6, 6.07) is 0. The van der Waals surface area contributed by atoms with E-state index >= 15 is 0 Å². The van der Waals surface area contributed by atoms with Gasteiger partial charge in [0.2, 0.25) is 0 Å². The SMILES string of the molecule is C[Si]([Si])[Si](C)(CCl)[Si](CCl)(CCl)CCl. The monoisotopic (exact) mass is 338 g/mol. The van der Waals surface area contributed by atoms with Crippen LogP contribution in [0, 0.1) is 0 Å². The Morgan fingerprint density at radius 2 is 1.36 bits per heavy atom. The summed E-state index contributed by atoms with van der Waals surface area (Å²) in [7, 11) is -0.0786. The number of hydrogen-bond donors (Lipinski definition) is 0. The molecule has 0 amide bonds. The second kappa shape index (κ2) is 6.69. The fourth-order valence-corrected chi connectivity index (χ4v) is 46.5. The van der Waals surface area contributed by atoms with Crippen LogP contribution < -0.4 is 0 Å². The minimum Gasteiger partial charge on any atom is -0.131 e. The van der Waals surface area contributed by atoms with Crippen molar-refractivity contribution in [3.05, 3.63) is 0 Å². The van der Waals surface area contributed by atoms with Gasteiger partial charge in [-0.25, -0.2) is 0 Å². The number of halogens is 4. The predicted octanol–water partition coefficient (Wildman–Crippen LogP) is 2.57. The van der Waals surface area contributed by atoms with Crippen LogP contribution >= 0.6 is 46.4 Å². The lowest BCUT2D eigenvalue weighted by molar-refractivity contribution is 1.66. The van der Waals surface area contributed by atoms with Crippen molar-refractivity contribution in [2.75, 3.05) is 22.0 Å². The number of hydrogen-bond acceptors (Lipinski definition) is 0. The summed E-state index contributed by atoms with van der Waals surface area (Å²) < 4.78 is 0. The highest BCUT2D eigenvalue weighted by molar-refractivity contribution is 7.74. The summed E-state index contributed by atoms with van der Waals surface area (Å²) in [5.74, 6) is 0. The lowest BCUT2D eigenvalue weighted by atomic mass is 11.8. The van der Waals surface area contributed by atoms with E-state index in [1.54, 1.807) is 0 Å². The number of alkyl halides is 4. The Morgan fingerprint density at radius 1 is 1.00 bits per heavy atom. The molecule has 0 aromatic rings. The largest absolute Gasteiger partial charge is 0.131 e. The Bertz CT molecular complexity index is 160. The van der Waals surface area contributed by atoms with Crippen LogP contribution in [-0.4, -0.2) is 54.3 Å². The fraction of sp³-hybridized carbons (Fsp3) is 1.00. The summed E-state index contributed by atoms with van der Waals surface area (Å²) in [6.07, 6.45) is 0. The summed E-state index contributed by atoms with van der Waals surface area (Å²) in [5, 5.41) is 0. The third-order valence-electron chi connectivity index (χ3n) is 3.03. The zero-order chi connectivity index (χ0) is 11.4. The maximum atomic E-state index is 6.14. The Labute approximate surface area is 113 Å². The molecule has 1 unspecified atom stereocenters. The molecule has 8 heteroatoms. The van der Waals surface area contributed by atoms with E-state index in [0.717, 1.165) is 5.50 Å². The molecule has 0 fully saturated rings. The van der Waals surface area contributed by atoms with Gasteiger partial charge in [0.05, 0.1) is 14.7 Å². The molecular weight excluding hydrogens is 326 g/mol. The summed E-state index contributed by atoms with van der Waals surface area (Å²) in [5.41, 5.74) is 2.64.